The van der Waals surface area contributed by atoms with E-state index in [2.05, 4.69) is 0 Å². The quantitative estimate of drug-likeness (QED) is 0.161. The first-order chi connectivity index (χ1) is 19.0. The maximum Gasteiger partial charge on any atom is 0.306 e. The number of carbonyl (C=O) groups excluding carboxylic acids is 2. The number of ether oxygens (including phenoxy) is 2. The second-order valence-electron chi connectivity index (χ2n) is 11.7. The lowest BCUT2D eigenvalue weighted by molar-refractivity contribution is -0.146. The number of phenols is 2. The van der Waals surface area contributed by atoms with E-state index in [-0.39, 0.29) is 49.5 Å². The van der Waals surface area contributed by atoms with Gasteiger partial charge in [-0.15, -0.1) is 0 Å². The molecule has 0 spiro atoms. The molecule has 214 valence electrons. The smallest absolute Gasteiger partial charge is 0.306 e. The fourth-order valence-corrected chi connectivity index (χ4v) is 4.90. The predicted octanol–water partition coefficient (Wildman–Crippen LogP) is 7.48. The molecule has 0 aliphatic rings. The van der Waals surface area contributed by atoms with Gasteiger partial charge in [0.15, 0.2) is 0 Å². The zero-order chi connectivity index (χ0) is 29.2. The SMILES string of the molecule is CC(C)(CCCC(=O)OCc1ccccc1)c1cc(O)c(C(C)(C)CCCC(=O)OCc2ccccc2)cc1O. The average Bonchev–Trinajstić information content (AvgIpc) is 2.92. The first kappa shape index (κ1) is 30.7. The molecule has 0 saturated carbocycles. The van der Waals surface area contributed by atoms with Crippen LogP contribution in [0.3, 0.4) is 0 Å². The highest BCUT2D eigenvalue weighted by Crippen LogP contribution is 2.43. The summed E-state index contributed by atoms with van der Waals surface area (Å²) < 4.78 is 10.7. The molecule has 0 aliphatic heterocycles. The molecule has 0 unspecified atom stereocenters. The molecular formula is C34H42O6. The Balaban J connectivity index is 1.50. The van der Waals surface area contributed by atoms with Gasteiger partial charge in [-0.25, -0.2) is 0 Å². The van der Waals surface area contributed by atoms with Crippen molar-refractivity contribution in [2.75, 3.05) is 0 Å². The van der Waals surface area contributed by atoms with E-state index >= 15 is 0 Å². The minimum atomic E-state index is -0.466. The number of carbonyl (C=O) groups is 2. The van der Waals surface area contributed by atoms with E-state index in [1.54, 1.807) is 12.1 Å². The maximum absolute atomic E-state index is 12.2. The number of hydrogen-bond donors (Lipinski definition) is 2. The molecular weight excluding hydrogens is 504 g/mol. The molecule has 3 aromatic carbocycles. The minimum absolute atomic E-state index is 0.111. The first-order valence-corrected chi connectivity index (χ1v) is 13.9. The molecule has 0 saturated heterocycles. The summed E-state index contributed by atoms with van der Waals surface area (Å²) in [5.74, 6) is -0.292. The van der Waals surface area contributed by atoms with E-state index in [0.717, 1.165) is 11.1 Å². The Morgan fingerprint density at radius 1 is 0.625 bits per heavy atom. The van der Waals surface area contributed by atoms with Crippen LogP contribution in [0.5, 0.6) is 11.5 Å². The number of esters is 2. The van der Waals surface area contributed by atoms with Crippen LogP contribution in [0.4, 0.5) is 0 Å². The predicted molar refractivity (Wildman–Crippen MR) is 156 cm³/mol. The van der Waals surface area contributed by atoms with Crippen molar-refractivity contribution in [2.45, 2.75) is 90.3 Å². The van der Waals surface area contributed by atoms with Crippen LogP contribution >= 0.6 is 0 Å². The minimum Gasteiger partial charge on any atom is -0.508 e. The van der Waals surface area contributed by atoms with Crippen LogP contribution in [-0.4, -0.2) is 22.2 Å². The van der Waals surface area contributed by atoms with Gasteiger partial charge in [0, 0.05) is 24.0 Å². The summed E-state index contributed by atoms with van der Waals surface area (Å²) in [6.07, 6.45) is 3.01. The molecule has 0 amide bonds. The largest absolute Gasteiger partial charge is 0.508 e. The Hall–Kier alpha value is -3.80. The van der Waals surface area contributed by atoms with Crippen LogP contribution in [0.15, 0.2) is 72.8 Å². The summed E-state index contributed by atoms with van der Waals surface area (Å²) in [5, 5.41) is 21.9. The van der Waals surface area contributed by atoms with E-state index in [0.29, 0.717) is 36.8 Å². The van der Waals surface area contributed by atoms with Gasteiger partial charge in [-0.05, 0) is 59.8 Å². The van der Waals surface area contributed by atoms with Gasteiger partial charge in [-0.2, -0.15) is 0 Å². The number of benzene rings is 3. The monoisotopic (exact) mass is 546 g/mol. The summed E-state index contributed by atoms with van der Waals surface area (Å²) in [6, 6.07) is 22.4. The fraction of sp³-hybridized carbons (Fsp3) is 0.412. The summed E-state index contributed by atoms with van der Waals surface area (Å²) in [7, 11) is 0. The molecule has 0 atom stereocenters. The molecule has 3 aromatic rings. The van der Waals surface area contributed by atoms with Gasteiger partial charge in [-0.1, -0.05) is 88.4 Å². The standard InChI is InChI=1S/C34H42O6/c1-33(2,19-11-17-31(37)39-23-25-13-7-5-8-14-25)27-21-30(36)28(22-29(27)35)34(3,4)20-12-18-32(38)40-24-26-15-9-6-10-16-26/h5-10,13-16,21-22,35-36H,11-12,17-20,23-24H2,1-4H3. The highest BCUT2D eigenvalue weighted by atomic mass is 16.5. The van der Waals surface area contributed by atoms with Gasteiger partial charge in [-0.3, -0.25) is 9.59 Å². The molecule has 0 heterocycles. The molecule has 0 aliphatic carbocycles. The van der Waals surface area contributed by atoms with Gasteiger partial charge in [0.25, 0.3) is 0 Å². The number of phenolic OH excluding ortho intramolecular Hbond substituents is 2. The van der Waals surface area contributed by atoms with E-state index < -0.39 is 10.8 Å². The van der Waals surface area contributed by atoms with Gasteiger partial charge < -0.3 is 19.7 Å². The molecule has 0 aromatic heterocycles. The van der Waals surface area contributed by atoms with Crippen LogP contribution in [0.1, 0.15) is 88.5 Å². The normalized spacial score (nSPS) is 11.7. The van der Waals surface area contributed by atoms with Crippen molar-refractivity contribution in [3.05, 3.63) is 95.1 Å². The molecule has 0 fully saturated rings. The summed E-state index contributed by atoms with van der Waals surface area (Å²) in [6.45, 7) is 8.46. The molecule has 40 heavy (non-hydrogen) atoms. The Morgan fingerprint density at radius 3 is 1.32 bits per heavy atom. The van der Waals surface area contributed by atoms with E-state index in [1.807, 2.05) is 88.4 Å². The van der Waals surface area contributed by atoms with E-state index in [1.165, 1.54) is 0 Å². The zero-order valence-corrected chi connectivity index (χ0v) is 24.1. The summed E-state index contributed by atoms with van der Waals surface area (Å²) in [5.41, 5.74) is 2.22. The maximum atomic E-state index is 12.2. The first-order valence-electron chi connectivity index (χ1n) is 13.9. The van der Waals surface area contributed by atoms with Crippen molar-refractivity contribution in [3.63, 3.8) is 0 Å². The van der Waals surface area contributed by atoms with Crippen molar-refractivity contribution >= 4 is 11.9 Å². The van der Waals surface area contributed by atoms with Crippen molar-refractivity contribution < 1.29 is 29.3 Å². The number of hydrogen-bond acceptors (Lipinski definition) is 6. The number of aromatic hydroxyl groups is 2. The van der Waals surface area contributed by atoms with Crippen molar-refractivity contribution in [3.8, 4) is 11.5 Å². The van der Waals surface area contributed by atoms with E-state index in [9.17, 15) is 19.8 Å². The van der Waals surface area contributed by atoms with E-state index in [4.69, 9.17) is 9.47 Å². The van der Waals surface area contributed by atoms with Crippen LogP contribution < -0.4 is 0 Å². The van der Waals surface area contributed by atoms with Gasteiger partial charge in [0.05, 0.1) is 0 Å². The second-order valence-corrected chi connectivity index (χ2v) is 11.7. The van der Waals surface area contributed by atoms with Gasteiger partial charge in [0.2, 0.25) is 0 Å². The Morgan fingerprint density at radius 2 is 0.975 bits per heavy atom. The zero-order valence-electron chi connectivity index (χ0n) is 24.1. The van der Waals surface area contributed by atoms with Crippen LogP contribution in [0, 0.1) is 0 Å². The molecule has 3 rings (SSSR count). The van der Waals surface area contributed by atoms with Crippen LogP contribution in [0.25, 0.3) is 0 Å². The number of rotatable bonds is 14. The van der Waals surface area contributed by atoms with Gasteiger partial charge in [0.1, 0.15) is 24.7 Å². The Labute approximate surface area is 238 Å². The lowest BCUT2D eigenvalue weighted by Gasteiger charge is -2.30. The Kier molecular flexibility index (Phi) is 10.8. The fourth-order valence-electron chi connectivity index (χ4n) is 4.90. The summed E-state index contributed by atoms with van der Waals surface area (Å²) in [4.78, 5) is 24.4. The topological polar surface area (TPSA) is 93.1 Å². The third kappa shape index (κ3) is 9.15. The second kappa shape index (κ2) is 14.0. The van der Waals surface area contributed by atoms with Crippen molar-refractivity contribution in [1.29, 1.82) is 0 Å². The molecule has 0 bridgehead atoms. The Bertz CT molecular complexity index is 1150. The van der Waals surface area contributed by atoms with Crippen LogP contribution in [0.2, 0.25) is 0 Å². The van der Waals surface area contributed by atoms with Crippen molar-refractivity contribution in [2.24, 2.45) is 0 Å². The highest BCUT2D eigenvalue weighted by Gasteiger charge is 2.30. The lowest BCUT2D eigenvalue weighted by Crippen LogP contribution is -2.21. The average molecular weight is 547 g/mol. The molecule has 6 heteroatoms. The van der Waals surface area contributed by atoms with Gasteiger partial charge >= 0.3 is 11.9 Å². The molecule has 2 N–H and O–H groups in total. The molecule has 6 nitrogen and oxygen atoms in total. The molecule has 0 radical (unpaired) electrons. The third-order valence-corrected chi connectivity index (χ3v) is 7.42. The lowest BCUT2D eigenvalue weighted by atomic mass is 9.75. The summed E-state index contributed by atoms with van der Waals surface area (Å²) >= 11 is 0. The van der Waals surface area contributed by atoms with Crippen molar-refractivity contribution in [1.82, 2.24) is 0 Å². The third-order valence-electron chi connectivity index (χ3n) is 7.42. The highest BCUT2D eigenvalue weighted by molar-refractivity contribution is 5.69. The van der Waals surface area contributed by atoms with Crippen LogP contribution in [-0.2, 0) is 43.1 Å².